The van der Waals surface area contributed by atoms with Crippen LogP contribution in [0.15, 0.2) is 40.8 Å². The van der Waals surface area contributed by atoms with Gasteiger partial charge in [-0.25, -0.2) is 9.88 Å². The molecule has 2 saturated carbocycles. The van der Waals surface area contributed by atoms with Gasteiger partial charge >= 0.3 is 0 Å². The van der Waals surface area contributed by atoms with Gasteiger partial charge < -0.3 is 0 Å². The van der Waals surface area contributed by atoms with E-state index in [0.29, 0.717) is 11.0 Å². The quantitative estimate of drug-likeness (QED) is 0.485. The molecule has 1 aliphatic heterocycles. The molecule has 4 atom stereocenters. The van der Waals surface area contributed by atoms with Crippen LogP contribution in [0.2, 0.25) is 0 Å². The standard InChI is InChI=1S/C25H28N2O2S/c1-13(2)11-15-5-7-16(8-6-15)19-12-30-25(26-19)27-23(28)21-17-9-10-18(20(17)14(3)4)22(21)24(27)29/h5-8,12-13,17-18,21-22H,9-11H2,1-4H3/t17-,18-,21-,22-/m0/s1. The number of thiazole rings is 1. The number of nitrogens with zero attached hydrogens (tertiary/aromatic N) is 2. The normalized spacial score (nSPS) is 27.5. The van der Waals surface area contributed by atoms with E-state index in [9.17, 15) is 9.59 Å². The van der Waals surface area contributed by atoms with E-state index < -0.39 is 0 Å². The SMILES string of the molecule is CC(C)=C1[C@@H]2CC[C@@H]1[C@@H]1C(=O)N(c3nc(-c4ccc(CC(C)C)cc4)cs3)C(=O)[C@H]12. The van der Waals surface area contributed by atoms with Crippen molar-refractivity contribution in [2.24, 2.45) is 29.6 Å². The summed E-state index contributed by atoms with van der Waals surface area (Å²) in [5.74, 6) is 0.690. The molecule has 0 unspecified atom stereocenters. The summed E-state index contributed by atoms with van der Waals surface area (Å²) in [6.07, 6.45) is 3.12. The summed E-state index contributed by atoms with van der Waals surface area (Å²) in [4.78, 5) is 32.7. The van der Waals surface area contributed by atoms with E-state index in [2.05, 4.69) is 52.0 Å². The zero-order valence-corrected chi connectivity index (χ0v) is 18.8. The van der Waals surface area contributed by atoms with Crippen LogP contribution in [0.4, 0.5) is 5.13 Å². The Morgan fingerprint density at radius 1 is 1.07 bits per heavy atom. The van der Waals surface area contributed by atoms with E-state index >= 15 is 0 Å². The summed E-state index contributed by atoms with van der Waals surface area (Å²) >= 11 is 1.39. The molecule has 2 heterocycles. The third kappa shape index (κ3) is 2.89. The molecule has 2 amide bonds. The second kappa shape index (κ2) is 7.16. The fraction of sp³-hybridized carbons (Fsp3) is 0.480. The van der Waals surface area contributed by atoms with Gasteiger partial charge in [0.25, 0.3) is 0 Å². The highest BCUT2D eigenvalue weighted by Crippen LogP contribution is 2.60. The minimum Gasteiger partial charge on any atom is -0.274 e. The number of hydrogen-bond acceptors (Lipinski definition) is 4. The molecule has 5 heteroatoms. The molecule has 1 aromatic carbocycles. The topological polar surface area (TPSA) is 50.3 Å². The lowest BCUT2D eigenvalue weighted by Gasteiger charge is -2.18. The molecule has 0 spiro atoms. The number of amides is 2. The lowest BCUT2D eigenvalue weighted by atomic mass is 9.81. The van der Waals surface area contributed by atoms with E-state index in [0.717, 1.165) is 30.5 Å². The average molecular weight is 421 g/mol. The van der Waals surface area contributed by atoms with Crippen LogP contribution in [0, 0.1) is 29.6 Å². The van der Waals surface area contributed by atoms with Crippen LogP contribution in [-0.2, 0) is 16.0 Å². The molecule has 2 aromatic rings. The van der Waals surface area contributed by atoms with Crippen molar-refractivity contribution in [1.82, 2.24) is 4.98 Å². The van der Waals surface area contributed by atoms with Crippen molar-refractivity contribution in [2.45, 2.75) is 47.0 Å². The van der Waals surface area contributed by atoms with Gasteiger partial charge in [-0.1, -0.05) is 49.3 Å². The van der Waals surface area contributed by atoms with Crippen LogP contribution >= 0.6 is 11.3 Å². The van der Waals surface area contributed by atoms with Crippen LogP contribution < -0.4 is 4.90 Å². The molecule has 2 aliphatic carbocycles. The number of hydrogen-bond donors (Lipinski definition) is 0. The zero-order chi connectivity index (χ0) is 21.2. The number of benzene rings is 1. The minimum atomic E-state index is -0.177. The summed E-state index contributed by atoms with van der Waals surface area (Å²) in [5.41, 5.74) is 5.84. The van der Waals surface area contributed by atoms with Crippen molar-refractivity contribution in [3.8, 4) is 11.3 Å². The fourth-order valence-corrected chi connectivity index (χ4v) is 6.80. The highest BCUT2D eigenvalue weighted by molar-refractivity contribution is 7.14. The van der Waals surface area contributed by atoms with Gasteiger partial charge in [0.2, 0.25) is 11.8 Å². The summed E-state index contributed by atoms with van der Waals surface area (Å²) < 4.78 is 0. The molecule has 3 aliphatic rings. The maximum absolute atomic E-state index is 13.3. The van der Waals surface area contributed by atoms with Gasteiger partial charge in [-0.15, -0.1) is 11.3 Å². The minimum absolute atomic E-state index is 0.0378. The molecule has 4 nitrogen and oxygen atoms in total. The predicted octanol–water partition coefficient (Wildman–Crippen LogP) is 5.49. The number of carbonyl (C=O) groups is 2. The number of fused-ring (bicyclic) bond motifs is 5. The Bertz CT molecular complexity index is 1010. The first kappa shape index (κ1) is 19.7. The monoisotopic (exact) mass is 420 g/mol. The van der Waals surface area contributed by atoms with Gasteiger partial charge in [-0.05, 0) is 56.4 Å². The Morgan fingerprint density at radius 3 is 2.20 bits per heavy atom. The molecule has 1 saturated heterocycles. The summed E-state index contributed by atoms with van der Waals surface area (Å²) in [7, 11) is 0. The van der Waals surface area contributed by atoms with E-state index in [1.165, 1.54) is 32.9 Å². The lowest BCUT2D eigenvalue weighted by Crippen LogP contribution is -2.33. The van der Waals surface area contributed by atoms with E-state index in [1.54, 1.807) is 0 Å². The second-order valence-corrected chi connectivity index (χ2v) is 10.5. The summed E-state index contributed by atoms with van der Waals surface area (Å²) in [6.45, 7) is 8.67. The molecular weight excluding hydrogens is 392 g/mol. The number of imide groups is 1. The van der Waals surface area contributed by atoms with Gasteiger partial charge in [0.05, 0.1) is 17.5 Å². The molecule has 5 rings (SSSR count). The van der Waals surface area contributed by atoms with Gasteiger partial charge in [0, 0.05) is 10.9 Å². The molecular formula is C25H28N2O2S. The second-order valence-electron chi connectivity index (χ2n) is 9.62. The highest BCUT2D eigenvalue weighted by Gasteiger charge is 2.64. The Balaban J connectivity index is 1.41. The number of carbonyl (C=O) groups excluding carboxylic acids is 2. The van der Waals surface area contributed by atoms with Crippen LogP contribution in [0.25, 0.3) is 11.3 Å². The summed E-state index contributed by atoms with van der Waals surface area (Å²) in [6, 6.07) is 8.45. The van der Waals surface area contributed by atoms with Gasteiger partial charge in [0.15, 0.2) is 5.13 Å². The fourth-order valence-electron chi connectivity index (χ4n) is 5.96. The number of anilines is 1. The first-order valence-electron chi connectivity index (χ1n) is 11.0. The number of allylic oxidation sites excluding steroid dienone is 2. The Morgan fingerprint density at radius 2 is 1.67 bits per heavy atom. The van der Waals surface area contributed by atoms with Crippen molar-refractivity contribution in [2.75, 3.05) is 4.90 Å². The smallest absolute Gasteiger partial charge is 0.240 e. The van der Waals surface area contributed by atoms with Gasteiger partial charge in [-0.3, -0.25) is 9.59 Å². The lowest BCUT2D eigenvalue weighted by molar-refractivity contribution is -0.123. The van der Waals surface area contributed by atoms with Crippen LogP contribution in [0.5, 0.6) is 0 Å². The van der Waals surface area contributed by atoms with Crippen molar-refractivity contribution >= 4 is 28.3 Å². The van der Waals surface area contributed by atoms with Gasteiger partial charge in [-0.2, -0.15) is 0 Å². The van der Waals surface area contributed by atoms with Crippen LogP contribution in [0.3, 0.4) is 0 Å². The van der Waals surface area contributed by atoms with Crippen molar-refractivity contribution in [1.29, 1.82) is 0 Å². The van der Waals surface area contributed by atoms with E-state index in [-0.39, 0.29) is 35.5 Å². The Kier molecular flexibility index (Phi) is 4.69. The highest BCUT2D eigenvalue weighted by atomic mass is 32.1. The Hall–Kier alpha value is -2.27. The maximum atomic E-state index is 13.3. The summed E-state index contributed by atoms with van der Waals surface area (Å²) in [5, 5.41) is 2.48. The third-order valence-corrected chi connectivity index (χ3v) is 7.83. The molecule has 0 radical (unpaired) electrons. The van der Waals surface area contributed by atoms with Crippen LogP contribution in [0.1, 0.15) is 46.1 Å². The van der Waals surface area contributed by atoms with Crippen molar-refractivity contribution in [3.63, 3.8) is 0 Å². The maximum Gasteiger partial charge on any atom is 0.240 e. The molecule has 30 heavy (non-hydrogen) atoms. The van der Waals surface area contributed by atoms with E-state index in [4.69, 9.17) is 4.98 Å². The van der Waals surface area contributed by atoms with Gasteiger partial charge in [0.1, 0.15) is 0 Å². The van der Waals surface area contributed by atoms with Crippen molar-refractivity contribution < 1.29 is 9.59 Å². The zero-order valence-electron chi connectivity index (χ0n) is 18.0. The predicted molar refractivity (Wildman–Crippen MR) is 120 cm³/mol. The first-order chi connectivity index (χ1) is 14.4. The average Bonchev–Trinajstić information content (AvgIpc) is 3.44. The van der Waals surface area contributed by atoms with Crippen LogP contribution in [-0.4, -0.2) is 16.8 Å². The molecule has 0 N–H and O–H groups in total. The largest absolute Gasteiger partial charge is 0.274 e. The molecule has 3 fully saturated rings. The molecule has 2 bridgehead atoms. The van der Waals surface area contributed by atoms with E-state index in [1.807, 2.05) is 5.38 Å². The third-order valence-electron chi connectivity index (χ3n) is 7.01. The first-order valence-corrected chi connectivity index (χ1v) is 11.8. The number of aromatic nitrogens is 1. The molecule has 156 valence electrons. The number of rotatable bonds is 4. The molecule has 1 aromatic heterocycles. The Labute approximate surface area is 182 Å². The van der Waals surface area contributed by atoms with Crippen molar-refractivity contribution in [3.05, 3.63) is 46.4 Å².